The third kappa shape index (κ3) is 2.88. The molecule has 4 nitrogen and oxygen atoms in total. The molecule has 17 heavy (non-hydrogen) atoms. The van der Waals surface area contributed by atoms with Crippen molar-refractivity contribution in [1.29, 1.82) is 0 Å². The summed E-state index contributed by atoms with van der Waals surface area (Å²) in [5, 5.41) is 13.5. The van der Waals surface area contributed by atoms with E-state index >= 15 is 0 Å². The Morgan fingerprint density at radius 1 is 1.47 bits per heavy atom. The molecule has 0 saturated heterocycles. The van der Waals surface area contributed by atoms with E-state index in [0.717, 1.165) is 42.8 Å². The van der Waals surface area contributed by atoms with Gasteiger partial charge in [0.15, 0.2) is 5.75 Å². The van der Waals surface area contributed by atoms with Crippen LogP contribution >= 0.6 is 0 Å². The Morgan fingerprint density at radius 2 is 2.18 bits per heavy atom. The van der Waals surface area contributed by atoms with Crippen molar-refractivity contribution in [2.45, 2.75) is 38.2 Å². The molecule has 2 N–H and O–H groups in total. The van der Waals surface area contributed by atoms with Crippen LogP contribution in [0, 0.1) is 6.92 Å². The summed E-state index contributed by atoms with van der Waals surface area (Å²) in [4.78, 5) is 4.18. The van der Waals surface area contributed by atoms with Gasteiger partial charge in [0.1, 0.15) is 0 Å². The second-order valence-electron chi connectivity index (χ2n) is 4.81. The fraction of sp³-hybridized carbons (Fsp3) is 0.615. The van der Waals surface area contributed by atoms with Gasteiger partial charge in [-0.1, -0.05) is 12.8 Å². The second kappa shape index (κ2) is 4.92. The van der Waals surface area contributed by atoms with Gasteiger partial charge in [-0.15, -0.1) is 0 Å². The molecule has 1 aliphatic carbocycles. The van der Waals surface area contributed by atoms with Gasteiger partial charge in [0.05, 0.1) is 24.6 Å². The number of nitrogens with one attached hydrogen (secondary N) is 1. The SMILES string of the molecule is COc1cnc(C)cc1NCC1(O)CCCC1. The molecule has 0 radical (unpaired) electrons. The van der Waals surface area contributed by atoms with E-state index in [1.165, 1.54) is 0 Å². The van der Waals surface area contributed by atoms with Crippen LogP contribution in [0.5, 0.6) is 5.75 Å². The van der Waals surface area contributed by atoms with Gasteiger partial charge in [-0.2, -0.15) is 0 Å². The van der Waals surface area contributed by atoms with Crippen molar-refractivity contribution < 1.29 is 9.84 Å². The van der Waals surface area contributed by atoms with Crippen LogP contribution in [-0.2, 0) is 0 Å². The molecule has 0 atom stereocenters. The maximum atomic E-state index is 10.3. The summed E-state index contributed by atoms with van der Waals surface area (Å²) in [5.41, 5.74) is 1.29. The predicted octanol–water partition coefficient (Wildman–Crippen LogP) is 2.12. The quantitative estimate of drug-likeness (QED) is 0.840. The fourth-order valence-electron chi connectivity index (χ4n) is 2.32. The smallest absolute Gasteiger partial charge is 0.160 e. The van der Waals surface area contributed by atoms with Crippen molar-refractivity contribution in [3.63, 3.8) is 0 Å². The van der Waals surface area contributed by atoms with Gasteiger partial charge in [0.2, 0.25) is 0 Å². The average molecular weight is 236 g/mol. The zero-order valence-corrected chi connectivity index (χ0v) is 10.5. The van der Waals surface area contributed by atoms with E-state index < -0.39 is 5.60 Å². The van der Waals surface area contributed by atoms with Crippen molar-refractivity contribution in [2.75, 3.05) is 19.0 Å². The van der Waals surface area contributed by atoms with Gasteiger partial charge >= 0.3 is 0 Å². The monoisotopic (exact) mass is 236 g/mol. The van der Waals surface area contributed by atoms with Gasteiger partial charge in [-0.3, -0.25) is 4.98 Å². The Morgan fingerprint density at radius 3 is 2.82 bits per heavy atom. The summed E-state index contributed by atoms with van der Waals surface area (Å²) in [6, 6.07) is 1.94. The number of ether oxygens (including phenoxy) is 1. The topological polar surface area (TPSA) is 54.4 Å². The Hall–Kier alpha value is -1.29. The lowest BCUT2D eigenvalue weighted by atomic mass is 10.0. The maximum absolute atomic E-state index is 10.3. The molecule has 0 aromatic carbocycles. The molecular weight excluding hydrogens is 216 g/mol. The maximum Gasteiger partial charge on any atom is 0.160 e. The summed E-state index contributed by atoms with van der Waals surface area (Å²) < 4.78 is 5.24. The average Bonchev–Trinajstić information content (AvgIpc) is 2.74. The number of anilines is 1. The van der Waals surface area contributed by atoms with Crippen molar-refractivity contribution in [3.8, 4) is 5.75 Å². The molecule has 0 aliphatic heterocycles. The normalized spacial score (nSPS) is 18.1. The minimum absolute atomic E-state index is 0.553. The van der Waals surface area contributed by atoms with Crippen LogP contribution in [0.2, 0.25) is 0 Å². The third-order valence-electron chi connectivity index (χ3n) is 3.37. The Labute approximate surface area is 102 Å². The number of methoxy groups -OCH3 is 1. The zero-order valence-electron chi connectivity index (χ0n) is 10.5. The van der Waals surface area contributed by atoms with E-state index in [-0.39, 0.29) is 0 Å². The molecule has 0 unspecified atom stereocenters. The summed E-state index contributed by atoms with van der Waals surface area (Å²) in [5.74, 6) is 0.720. The number of nitrogens with zero attached hydrogens (tertiary/aromatic N) is 1. The van der Waals surface area contributed by atoms with Gasteiger partial charge in [-0.25, -0.2) is 0 Å². The first-order valence-electron chi connectivity index (χ1n) is 6.10. The van der Waals surface area contributed by atoms with Gasteiger partial charge in [-0.05, 0) is 25.8 Å². The lowest BCUT2D eigenvalue weighted by Crippen LogP contribution is -2.33. The van der Waals surface area contributed by atoms with Gasteiger partial charge in [0, 0.05) is 12.2 Å². The minimum Gasteiger partial charge on any atom is -0.493 e. The van der Waals surface area contributed by atoms with Gasteiger partial charge < -0.3 is 15.2 Å². The highest BCUT2D eigenvalue weighted by atomic mass is 16.5. The fourth-order valence-corrected chi connectivity index (χ4v) is 2.32. The highest BCUT2D eigenvalue weighted by molar-refractivity contribution is 5.56. The number of aliphatic hydroxyl groups is 1. The minimum atomic E-state index is -0.553. The number of rotatable bonds is 4. The standard InChI is InChI=1S/C13H20N2O2/c1-10-7-11(12(17-2)8-14-10)15-9-13(16)5-3-4-6-13/h7-8,16H,3-6,9H2,1-2H3,(H,14,15). The molecule has 1 fully saturated rings. The molecule has 0 bridgehead atoms. The number of pyridine rings is 1. The Balaban J connectivity index is 2.05. The van der Waals surface area contributed by atoms with E-state index in [1.807, 2.05) is 13.0 Å². The van der Waals surface area contributed by atoms with E-state index in [2.05, 4.69) is 10.3 Å². The van der Waals surface area contributed by atoms with Crippen LogP contribution in [0.15, 0.2) is 12.3 Å². The molecule has 1 aliphatic rings. The van der Waals surface area contributed by atoms with Crippen molar-refractivity contribution in [3.05, 3.63) is 18.0 Å². The summed E-state index contributed by atoms with van der Waals surface area (Å²) >= 11 is 0. The van der Waals surface area contributed by atoms with Crippen molar-refractivity contribution in [1.82, 2.24) is 4.98 Å². The summed E-state index contributed by atoms with van der Waals surface area (Å²) in [7, 11) is 1.63. The molecule has 1 heterocycles. The number of hydrogen-bond acceptors (Lipinski definition) is 4. The van der Waals surface area contributed by atoms with E-state index in [4.69, 9.17) is 4.74 Å². The molecule has 0 amide bonds. The molecule has 0 spiro atoms. The van der Waals surface area contributed by atoms with Crippen LogP contribution in [0.4, 0.5) is 5.69 Å². The van der Waals surface area contributed by atoms with Crippen molar-refractivity contribution in [2.24, 2.45) is 0 Å². The first-order valence-corrected chi connectivity index (χ1v) is 6.10. The van der Waals surface area contributed by atoms with E-state index in [1.54, 1.807) is 13.3 Å². The third-order valence-corrected chi connectivity index (χ3v) is 3.37. The number of aryl methyl sites for hydroxylation is 1. The van der Waals surface area contributed by atoms with Crippen molar-refractivity contribution >= 4 is 5.69 Å². The first kappa shape index (κ1) is 12.2. The van der Waals surface area contributed by atoms with Crippen LogP contribution < -0.4 is 10.1 Å². The van der Waals surface area contributed by atoms with Gasteiger partial charge in [0.25, 0.3) is 0 Å². The van der Waals surface area contributed by atoms with E-state index in [9.17, 15) is 5.11 Å². The van der Waals surface area contributed by atoms with Crippen LogP contribution in [0.1, 0.15) is 31.4 Å². The number of hydrogen-bond donors (Lipinski definition) is 2. The molecule has 94 valence electrons. The van der Waals surface area contributed by atoms with Crippen LogP contribution in [-0.4, -0.2) is 29.3 Å². The summed E-state index contributed by atoms with van der Waals surface area (Å²) in [6.07, 6.45) is 5.70. The molecule has 4 heteroatoms. The predicted molar refractivity (Wildman–Crippen MR) is 67.4 cm³/mol. The highest BCUT2D eigenvalue weighted by Gasteiger charge is 2.30. The molecule has 1 aromatic heterocycles. The lowest BCUT2D eigenvalue weighted by molar-refractivity contribution is 0.0614. The first-order chi connectivity index (χ1) is 8.13. The number of aromatic nitrogens is 1. The Bertz CT molecular complexity index is 387. The van der Waals surface area contributed by atoms with E-state index in [0.29, 0.717) is 6.54 Å². The zero-order chi connectivity index (χ0) is 12.3. The molecule has 1 aromatic rings. The second-order valence-corrected chi connectivity index (χ2v) is 4.81. The lowest BCUT2D eigenvalue weighted by Gasteiger charge is -2.23. The largest absolute Gasteiger partial charge is 0.493 e. The Kier molecular flexibility index (Phi) is 3.52. The molecule has 1 saturated carbocycles. The van der Waals surface area contributed by atoms with Crippen LogP contribution in [0.3, 0.4) is 0 Å². The highest BCUT2D eigenvalue weighted by Crippen LogP contribution is 2.31. The molecular formula is C13H20N2O2. The van der Waals surface area contributed by atoms with Crippen LogP contribution in [0.25, 0.3) is 0 Å². The molecule has 2 rings (SSSR count). The summed E-state index contributed by atoms with van der Waals surface area (Å²) in [6.45, 7) is 2.52.